The molecule has 31 heavy (non-hydrogen) atoms. The van der Waals surface area contributed by atoms with E-state index in [1.165, 1.54) is 0 Å². The first-order valence-electron chi connectivity index (χ1n) is 10.2. The van der Waals surface area contributed by atoms with E-state index >= 15 is 0 Å². The third-order valence-electron chi connectivity index (χ3n) is 5.01. The minimum absolute atomic E-state index is 0.260. The highest BCUT2D eigenvalue weighted by molar-refractivity contribution is 6.45. The Bertz CT molecular complexity index is 628. The zero-order valence-electron chi connectivity index (χ0n) is 17.7. The summed E-state index contributed by atoms with van der Waals surface area (Å²) in [7, 11) is 0. The van der Waals surface area contributed by atoms with Crippen LogP contribution in [0, 0.1) is 0 Å². The van der Waals surface area contributed by atoms with Crippen molar-refractivity contribution in [3.8, 4) is 0 Å². The number of unbranched alkanes of at least 4 members (excludes halogenated alkanes) is 6. The molecule has 0 fully saturated rings. The first-order chi connectivity index (χ1) is 14.1. The van der Waals surface area contributed by atoms with Gasteiger partial charge in [-0.25, -0.2) is 0 Å². The van der Waals surface area contributed by atoms with Crippen molar-refractivity contribution in [2.45, 2.75) is 98.3 Å². The fourth-order valence-electron chi connectivity index (χ4n) is 2.95. The molecule has 0 spiro atoms. The zero-order valence-corrected chi connectivity index (χ0v) is 20.7. The van der Waals surface area contributed by atoms with Gasteiger partial charge < -0.3 is 25.5 Å². The van der Waals surface area contributed by atoms with E-state index < -0.39 is 37.6 Å². The number of Topliss-reactive ketones (excluding diaryl/α,β-unsaturated/α-hetero) is 1. The molecule has 182 valence electrons. The number of aliphatic hydroxyl groups excluding tert-OH is 1. The summed E-state index contributed by atoms with van der Waals surface area (Å²) in [6, 6.07) is 0. The molecule has 0 aromatic rings. The molecular formula is C20H32Cl4O7. The van der Waals surface area contributed by atoms with E-state index in [0.717, 1.165) is 25.7 Å². The second kappa shape index (κ2) is 12.9. The number of carbonyl (C=O) groups excluding carboxylic acids is 2. The Kier molecular flexibility index (Phi) is 12.9. The first-order valence-corrected chi connectivity index (χ1v) is 11.7. The van der Waals surface area contributed by atoms with Gasteiger partial charge in [0.1, 0.15) is 0 Å². The fraction of sp³-hybridized carbons (Fsp3) is 0.800. The normalized spacial score (nSPS) is 17.2. The number of alkyl halides is 4. The molecule has 0 aromatic carbocycles. The molecule has 0 aliphatic carbocycles. The van der Waals surface area contributed by atoms with Gasteiger partial charge in [-0.3, -0.25) is 9.59 Å². The standard InChI is InChI=1S/C20H32Cl4O7/c1-3-5-7-9-11-17(21,19(23,28)29)15(26)13-14(25)16(27)18(22,20(24,30)31)12-10-8-6-4-2/h13,25,28-31H,3-12H2,1-2H3/b14-13+. The maximum atomic E-state index is 12.7. The van der Waals surface area contributed by atoms with Gasteiger partial charge in [-0.1, -0.05) is 88.4 Å². The zero-order chi connectivity index (χ0) is 24.5. The lowest BCUT2D eigenvalue weighted by Crippen LogP contribution is -2.53. The van der Waals surface area contributed by atoms with Crippen molar-refractivity contribution in [2.75, 3.05) is 0 Å². The Morgan fingerprint density at radius 2 is 1.10 bits per heavy atom. The largest absolute Gasteiger partial charge is 0.504 e. The van der Waals surface area contributed by atoms with Crippen LogP contribution < -0.4 is 0 Å². The SMILES string of the molecule is CCCCCCC(Cl)(C(=O)/C=C(/O)C(=O)C(Cl)(CCCCCC)C(O)(O)Cl)C(O)(O)Cl. The second-order valence-electron chi connectivity index (χ2n) is 7.62. The fourth-order valence-corrected chi connectivity index (χ4v) is 3.74. The van der Waals surface area contributed by atoms with Crippen molar-refractivity contribution in [3.05, 3.63) is 11.8 Å². The van der Waals surface area contributed by atoms with Crippen LogP contribution in [-0.2, 0) is 9.59 Å². The molecule has 5 N–H and O–H groups in total. The third-order valence-corrected chi connectivity index (χ3v) is 7.11. The molecule has 0 heterocycles. The molecular weight excluding hydrogens is 494 g/mol. The number of hydrogen-bond acceptors (Lipinski definition) is 7. The number of allylic oxidation sites excluding steroid dienone is 2. The van der Waals surface area contributed by atoms with E-state index in [9.17, 15) is 35.1 Å². The van der Waals surface area contributed by atoms with Gasteiger partial charge in [0.25, 0.3) is 10.5 Å². The summed E-state index contributed by atoms with van der Waals surface area (Å²) in [5.41, 5.74) is 0. The van der Waals surface area contributed by atoms with Gasteiger partial charge in [0.05, 0.1) is 0 Å². The Morgan fingerprint density at radius 1 is 0.710 bits per heavy atom. The summed E-state index contributed by atoms with van der Waals surface area (Å²) in [5, 5.41) is 43.1. The van der Waals surface area contributed by atoms with Crippen LogP contribution in [0.4, 0.5) is 0 Å². The van der Waals surface area contributed by atoms with Gasteiger partial charge >= 0.3 is 0 Å². The maximum absolute atomic E-state index is 12.7. The number of aliphatic hydroxyl groups is 5. The molecule has 0 aromatic heterocycles. The van der Waals surface area contributed by atoms with Gasteiger partial charge in [-0.15, -0.1) is 23.2 Å². The number of rotatable bonds is 16. The summed E-state index contributed by atoms with van der Waals surface area (Å²) in [4.78, 5) is 20.3. The van der Waals surface area contributed by atoms with E-state index in [1.807, 2.05) is 13.8 Å². The predicted octanol–water partition coefficient (Wildman–Crippen LogP) is 4.22. The second-order valence-corrected chi connectivity index (χ2v) is 9.97. The third kappa shape index (κ3) is 8.63. The molecule has 2 atom stereocenters. The van der Waals surface area contributed by atoms with Crippen LogP contribution in [0.25, 0.3) is 0 Å². The van der Waals surface area contributed by atoms with Crippen molar-refractivity contribution in [2.24, 2.45) is 0 Å². The first kappa shape index (κ1) is 30.9. The van der Waals surface area contributed by atoms with Crippen LogP contribution in [0.3, 0.4) is 0 Å². The Labute approximate surface area is 202 Å². The van der Waals surface area contributed by atoms with E-state index in [4.69, 9.17) is 46.4 Å². The lowest BCUT2D eigenvalue weighted by atomic mass is 9.90. The predicted molar refractivity (Wildman–Crippen MR) is 121 cm³/mol. The smallest absolute Gasteiger partial charge is 0.271 e. The molecule has 0 saturated heterocycles. The Hall–Kier alpha value is -0.120. The summed E-state index contributed by atoms with van der Waals surface area (Å²) in [5.74, 6) is -3.97. The van der Waals surface area contributed by atoms with Gasteiger partial charge in [-0.05, 0) is 12.8 Å². The molecule has 11 heteroatoms. The van der Waals surface area contributed by atoms with Crippen molar-refractivity contribution >= 4 is 58.0 Å². The molecule has 2 unspecified atom stereocenters. The lowest BCUT2D eigenvalue weighted by molar-refractivity contribution is -0.149. The van der Waals surface area contributed by atoms with E-state index in [-0.39, 0.29) is 19.3 Å². The van der Waals surface area contributed by atoms with Gasteiger partial charge in [0.15, 0.2) is 21.3 Å². The lowest BCUT2D eigenvalue weighted by Gasteiger charge is -2.33. The van der Waals surface area contributed by atoms with Crippen LogP contribution in [-0.4, -0.2) is 57.3 Å². The number of carbonyl (C=O) groups is 2. The van der Waals surface area contributed by atoms with Gasteiger partial charge in [-0.2, -0.15) is 0 Å². The molecule has 0 radical (unpaired) electrons. The van der Waals surface area contributed by atoms with Crippen LogP contribution in [0.15, 0.2) is 11.8 Å². The number of hydrogen-bond donors (Lipinski definition) is 5. The summed E-state index contributed by atoms with van der Waals surface area (Å²) in [6.45, 7) is 3.90. The monoisotopic (exact) mass is 524 g/mol. The summed E-state index contributed by atoms with van der Waals surface area (Å²) in [6.07, 6.45) is 4.97. The quantitative estimate of drug-likeness (QED) is 0.0669. The van der Waals surface area contributed by atoms with Crippen LogP contribution in [0.5, 0.6) is 0 Å². The van der Waals surface area contributed by atoms with Crippen molar-refractivity contribution in [1.82, 2.24) is 0 Å². The highest BCUT2D eigenvalue weighted by Gasteiger charge is 2.55. The van der Waals surface area contributed by atoms with Crippen LogP contribution >= 0.6 is 46.4 Å². The summed E-state index contributed by atoms with van der Waals surface area (Å²) >= 11 is 23.2. The van der Waals surface area contributed by atoms with Crippen molar-refractivity contribution < 1.29 is 35.1 Å². The van der Waals surface area contributed by atoms with Crippen molar-refractivity contribution in [1.29, 1.82) is 0 Å². The molecule has 0 rings (SSSR count). The van der Waals surface area contributed by atoms with Crippen LogP contribution in [0.1, 0.15) is 78.1 Å². The Morgan fingerprint density at radius 3 is 1.45 bits per heavy atom. The number of ketones is 2. The molecule has 0 aliphatic heterocycles. The van der Waals surface area contributed by atoms with E-state index in [2.05, 4.69) is 0 Å². The summed E-state index contributed by atoms with van der Waals surface area (Å²) < 4.78 is 0. The number of halogens is 4. The average molecular weight is 526 g/mol. The highest BCUT2D eigenvalue weighted by Crippen LogP contribution is 2.40. The highest BCUT2D eigenvalue weighted by atomic mass is 35.5. The molecule has 7 nitrogen and oxygen atoms in total. The van der Waals surface area contributed by atoms with Crippen LogP contribution in [0.2, 0.25) is 0 Å². The molecule has 0 saturated carbocycles. The minimum atomic E-state index is -3.23. The topological polar surface area (TPSA) is 135 Å². The Balaban J connectivity index is 5.76. The molecule has 0 bridgehead atoms. The minimum Gasteiger partial charge on any atom is -0.504 e. The maximum Gasteiger partial charge on any atom is 0.271 e. The average Bonchev–Trinajstić information content (AvgIpc) is 2.65. The van der Waals surface area contributed by atoms with Crippen molar-refractivity contribution in [3.63, 3.8) is 0 Å². The van der Waals surface area contributed by atoms with Gasteiger partial charge in [0, 0.05) is 6.08 Å². The molecule has 0 amide bonds. The van der Waals surface area contributed by atoms with E-state index in [0.29, 0.717) is 25.3 Å². The molecule has 0 aliphatic rings. The van der Waals surface area contributed by atoms with E-state index in [1.54, 1.807) is 0 Å². The van der Waals surface area contributed by atoms with Gasteiger partial charge in [0.2, 0.25) is 5.78 Å².